The van der Waals surface area contributed by atoms with Gasteiger partial charge in [-0.1, -0.05) is 71.8 Å². The van der Waals surface area contributed by atoms with E-state index in [0.717, 1.165) is 48.1 Å². The maximum Gasteiger partial charge on any atom is 0.247 e. The topological polar surface area (TPSA) is 58.6 Å². The Labute approximate surface area is 212 Å². The maximum absolute atomic E-state index is 13.2. The summed E-state index contributed by atoms with van der Waals surface area (Å²) in [5.41, 5.74) is 2.54. The highest BCUT2D eigenvalue weighted by atomic mass is 16.5. The highest BCUT2D eigenvalue weighted by Crippen LogP contribution is 2.55. The summed E-state index contributed by atoms with van der Waals surface area (Å²) < 4.78 is 6.58. The molecule has 2 N–H and O–H groups in total. The van der Waals surface area contributed by atoms with E-state index in [1.54, 1.807) is 0 Å². The number of aromatic hydroxyl groups is 1. The van der Waals surface area contributed by atoms with Crippen LogP contribution < -0.4 is 10.1 Å². The number of phenols is 1. The van der Waals surface area contributed by atoms with Crippen molar-refractivity contribution in [2.45, 2.75) is 135 Å². The molecule has 1 heterocycles. The third-order valence-electron chi connectivity index (χ3n) is 8.97. The number of fused-ring (bicyclic) bond motifs is 3. The second-order valence-electron chi connectivity index (χ2n) is 12.5. The fraction of sp³-hybridized carbons (Fsp3) is 0.710. The van der Waals surface area contributed by atoms with Gasteiger partial charge in [0.25, 0.3) is 0 Å². The molecule has 0 saturated heterocycles. The Morgan fingerprint density at radius 3 is 2.60 bits per heavy atom. The van der Waals surface area contributed by atoms with Crippen molar-refractivity contribution in [2.75, 3.05) is 0 Å². The van der Waals surface area contributed by atoms with Crippen LogP contribution in [-0.2, 0) is 10.2 Å². The zero-order valence-corrected chi connectivity index (χ0v) is 22.7. The predicted molar refractivity (Wildman–Crippen MR) is 143 cm³/mol. The van der Waals surface area contributed by atoms with Gasteiger partial charge < -0.3 is 15.2 Å². The Balaban J connectivity index is 1.56. The van der Waals surface area contributed by atoms with E-state index < -0.39 is 0 Å². The fourth-order valence-corrected chi connectivity index (χ4v) is 6.63. The lowest BCUT2D eigenvalue weighted by Crippen LogP contribution is -2.46. The molecule has 1 aromatic carbocycles. The van der Waals surface area contributed by atoms with Gasteiger partial charge in [0.05, 0.1) is 0 Å². The van der Waals surface area contributed by atoms with Crippen molar-refractivity contribution in [1.29, 1.82) is 0 Å². The van der Waals surface area contributed by atoms with Crippen LogP contribution in [0.4, 0.5) is 0 Å². The first-order chi connectivity index (χ1) is 16.6. The average molecular weight is 482 g/mol. The zero-order valence-electron chi connectivity index (χ0n) is 22.7. The van der Waals surface area contributed by atoms with Crippen molar-refractivity contribution in [1.82, 2.24) is 5.32 Å². The summed E-state index contributed by atoms with van der Waals surface area (Å²) in [4.78, 5) is 13.2. The lowest BCUT2D eigenvalue weighted by atomic mass is 9.66. The molecule has 0 bridgehead atoms. The third kappa shape index (κ3) is 5.73. The molecule has 1 saturated carbocycles. The van der Waals surface area contributed by atoms with Crippen molar-refractivity contribution in [3.63, 3.8) is 0 Å². The van der Waals surface area contributed by atoms with E-state index in [1.165, 1.54) is 44.9 Å². The van der Waals surface area contributed by atoms with Crippen LogP contribution in [0.15, 0.2) is 23.8 Å². The first-order valence-electron chi connectivity index (χ1n) is 14.2. The number of allylic oxidation sites excluding steroid dienone is 1. The van der Waals surface area contributed by atoms with E-state index in [1.807, 2.05) is 6.07 Å². The molecule has 4 rings (SSSR count). The molecule has 0 aromatic heterocycles. The molecule has 1 fully saturated rings. The highest BCUT2D eigenvalue weighted by Gasteiger charge is 2.47. The monoisotopic (exact) mass is 481 g/mol. The van der Waals surface area contributed by atoms with Crippen LogP contribution in [0, 0.1) is 5.92 Å². The molecule has 2 aliphatic carbocycles. The molecule has 35 heavy (non-hydrogen) atoms. The number of amides is 1. The Morgan fingerprint density at radius 2 is 1.89 bits per heavy atom. The summed E-state index contributed by atoms with van der Waals surface area (Å²) in [6, 6.07) is 4.45. The van der Waals surface area contributed by atoms with E-state index in [0.29, 0.717) is 18.2 Å². The van der Waals surface area contributed by atoms with Crippen molar-refractivity contribution in [3.05, 3.63) is 34.9 Å². The smallest absolute Gasteiger partial charge is 0.247 e. The number of carbonyl (C=O) groups is 1. The highest BCUT2D eigenvalue weighted by molar-refractivity contribution is 5.94. The minimum absolute atomic E-state index is 0.0257. The largest absolute Gasteiger partial charge is 0.508 e. The van der Waals surface area contributed by atoms with Gasteiger partial charge in [0.15, 0.2) is 0 Å². The molecule has 0 radical (unpaired) electrons. The Hall–Kier alpha value is -1.97. The van der Waals surface area contributed by atoms with Crippen molar-refractivity contribution in [3.8, 4) is 11.5 Å². The number of nitrogens with one attached hydrogen (secondary N) is 1. The quantitative estimate of drug-likeness (QED) is 0.374. The Kier molecular flexibility index (Phi) is 7.88. The summed E-state index contributed by atoms with van der Waals surface area (Å²) in [5.74, 6) is 1.55. The molecule has 2 atom stereocenters. The molecule has 4 heteroatoms. The maximum atomic E-state index is 13.2. The molecular formula is C31H47NO3. The van der Waals surface area contributed by atoms with Gasteiger partial charge in [0, 0.05) is 29.0 Å². The van der Waals surface area contributed by atoms with Crippen LogP contribution in [0.5, 0.6) is 11.5 Å². The summed E-state index contributed by atoms with van der Waals surface area (Å²) in [6.07, 6.45) is 15.5. The molecule has 0 unspecified atom stereocenters. The number of rotatable bonds is 8. The number of unbranched alkanes of at least 4 members (excludes halogenated alkanes) is 3. The van der Waals surface area contributed by atoms with Gasteiger partial charge in [-0.15, -0.1) is 0 Å². The first-order valence-corrected chi connectivity index (χ1v) is 14.2. The van der Waals surface area contributed by atoms with E-state index >= 15 is 0 Å². The summed E-state index contributed by atoms with van der Waals surface area (Å²) in [7, 11) is 0. The Morgan fingerprint density at radius 1 is 1.14 bits per heavy atom. The molecular weight excluding hydrogens is 434 g/mol. The van der Waals surface area contributed by atoms with Crippen molar-refractivity contribution in [2.24, 2.45) is 5.92 Å². The van der Waals surface area contributed by atoms with Gasteiger partial charge in [-0.05, 0) is 69.1 Å². The second kappa shape index (κ2) is 10.6. The summed E-state index contributed by atoms with van der Waals surface area (Å²) in [5, 5.41) is 14.6. The minimum atomic E-state index is -0.351. The van der Waals surface area contributed by atoms with Gasteiger partial charge in [0.2, 0.25) is 5.91 Å². The molecule has 1 aromatic rings. The van der Waals surface area contributed by atoms with Gasteiger partial charge in [-0.25, -0.2) is 0 Å². The number of ether oxygens (including phenoxy) is 1. The van der Waals surface area contributed by atoms with Crippen LogP contribution in [-0.4, -0.2) is 22.7 Å². The van der Waals surface area contributed by atoms with E-state index in [4.69, 9.17) is 4.74 Å². The van der Waals surface area contributed by atoms with Gasteiger partial charge in [-0.3, -0.25) is 4.79 Å². The normalized spacial score (nSPS) is 24.1. The predicted octanol–water partition coefficient (Wildman–Crippen LogP) is 7.68. The molecule has 194 valence electrons. The zero-order chi connectivity index (χ0) is 25.2. The van der Waals surface area contributed by atoms with Gasteiger partial charge in [0.1, 0.15) is 17.1 Å². The molecule has 3 aliphatic rings. The standard InChI is InChI=1S/C31H47NO3/c1-6-7-8-12-17-30(2,3)22-19-26(33)28-24-18-21(29(34)32-23-13-10-9-11-14-23)15-16-25(24)31(4,5)35-27(28)20-22/h15,19-20,23-25,33H,6-14,16-18H2,1-5H3,(H,32,34)/t24-,25-/m1/s1. The van der Waals surface area contributed by atoms with Gasteiger partial charge in [-0.2, -0.15) is 0 Å². The SMILES string of the molecule is CCCCCCC(C)(C)c1cc(O)c2c(c1)OC(C)(C)[C@@H]1CC=C(C(=O)NC3CCCCC3)C[C@@H]21. The lowest BCUT2D eigenvalue weighted by Gasteiger charge is -2.47. The average Bonchev–Trinajstić information content (AvgIpc) is 2.81. The van der Waals surface area contributed by atoms with Crippen molar-refractivity contribution >= 4 is 5.91 Å². The van der Waals surface area contributed by atoms with Crippen LogP contribution in [0.1, 0.15) is 129 Å². The van der Waals surface area contributed by atoms with E-state index in [9.17, 15) is 9.90 Å². The van der Waals surface area contributed by atoms with Gasteiger partial charge >= 0.3 is 0 Å². The molecule has 4 nitrogen and oxygen atoms in total. The number of carbonyl (C=O) groups excluding carboxylic acids is 1. The fourth-order valence-electron chi connectivity index (χ4n) is 6.63. The molecule has 1 amide bonds. The summed E-state index contributed by atoms with van der Waals surface area (Å²) >= 11 is 0. The molecule has 0 spiro atoms. The minimum Gasteiger partial charge on any atom is -0.508 e. The second-order valence-corrected chi connectivity index (χ2v) is 12.5. The number of hydrogen-bond acceptors (Lipinski definition) is 3. The number of benzene rings is 1. The number of hydrogen-bond donors (Lipinski definition) is 2. The molecule has 1 aliphatic heterocycles. The van der Waals surface area contributed by atoms with Crippen LogP contribution in [0.2, 0.25) is 0 Å². The Bertz CT molecular complexity index is 939. The van der Waals surface area contributed by atoms with Crippen LogP contribution in [0.3, 0.4) is 0 Å². The van der Waals surface area contributed by atoms with E-state index in [2.05, 4.69) is 52.1 Å². The van der Waals surface area contributed by atoms with E-state index in [-0.39, 0.29) is 28.8 Å². The van der Waals surface area contributed by atoms with Crippen LogP contribution >= 0.6 is 0 Å². The lowest BCUT2D eigenvalue weighted by molar-refractivity contribution is -0.118. The summed E-state index contributed by atoms with van der Waals surface area (Å²) in [6.45, 7) is 11.1. The number of phenolic OH excluding ortho intramolecular Hbond substituents is 1. The van der Waals surface area contributed by atoms with Crippen LogP contribution in [0.25, 0.3) is 0 Å². The third-order valence-corrected chi connectivity index (χ3v) is 8.97. The first kappa shape index (κ1) is 26.1. The van der Waals surface area contributed by atoms with Crippen molar-refractivity contribution < 1.29 is 14.6 Å².